The number of aromatic amines is 1. The van der Waals surface area contributed by atoms with Gasteiger partial charge in [-0.05, 0) is 29.2 Å². The molecule has 1 heterocycles. The van der Waals surface area contributed by atoms with E-state index in [4.69, 9.17) is 0 Å². The molecule has 2 N–H and O–H groups in total. The van der Waals surface area contributed by atoms with Gasteiger partial charge >= 0.3 is 5.97 Å². The summed E-state index contributed by atoms with van der Waals surface area (Å²) in [6.07, 6.45) is 1.66. The molecule has 3 rings (SSSR count). The minimum Gasteiger partial charge on any atom is -0.481 e. The Morgan fingerprint density at radius 1 is 1.08 bits per heavy atom. The summed E-state index contributed by atoms with van der Waals surface area (Å²) >= 11 is 0. The van der Waals surface area contributed by atoms with Gasteiger partial charge in [-0.3, -0.25) is 9.59 Å². The molecule has 0 amide bonds. The first-order chi connectivity index (χ1) is 12.0. The van der Waals surface area contributed by atoms with Crippen LogP contribution in [0.1, 0.15) is 53.6 Å². The Morgan fingerprint density at radius 2 is 1.80 bits per heavy atom. The zero-order valence-corrected chi connectivity index (χ0v) is 14.3. The lowest BCUT2D eigenvalue weighted by molar-refractivity contribution is -0.138. The van der Waals surface area contributed by atoms with Crippen LogP contribution in [0, 0.1) is 0 Å². The van der Waals surface area contributed by atoms with Crippen LogP contribution in [0.3, 0.4) is 0 Å². The Labute approximate surface area is 146 Å². The Morgan fingerprint density at radius 3 is 2.44 bits per heavy atom. The van der Waals surface area contributed by atoms with Gasteiger partial charge < -0.3 is 10.1 Å². The standard InChI is InChI=1S/C21H21NO3/c1-13(2)15-8-9-19-16(10-15)18(12-22-19)17(21(24)25)11-20(23)14-6-4-3-5-7-14/h3-10,12-13,17,22H,11H2,1-2H3,(H,24,25). The normalized spacial score (nSPS) is 12.4. The zero-order chi connectivity index (χ0) is 18.0. The first-order valence-electron chi connectivity index (χ1n) is 8.39. The number of carboxylic acid groups (broad SMARTS) is 1. The van der Waals surface area contributed by atoms with Crippen molar-refractivity contribution in [3.8, 4) is 0 Å². The lowest BCUT2D eigenvalue weighted by atomic mass is 9.90. The fourth-order valence-corrected chi connectivity index (χ4v) is 3.06. The third-order valence-corrected chi connectivity index (χ3v) is 4.56. The number of carboxylic acids is 1. The van der Waals surface area contributed by atoms with Gasteiger partial charge in [-0.15, -0.1) is 0 Å². The maximum Gasteiger partial charge on any atom is 0.311 e. The van der Waals surface area contributed by atoms with Gasteiger partial charge in [0.2, 0.25) is 0 Å². The average molecular weight is 335 g/mol. The van der Waals surface area contributed by atoms with Crippen molar-refractivity contribution in [2.45, 2.75) is 32.1 Å². The van der Waals surface area contributed by atoms with Gasteiger partial charge in [0, 0.05) is 29.1 Å². The van der Waals surface area contributed by atoms with Crippen molar-refractivity contribution in [3.05, 3.63) is 71.4 Å². The van der Waals surface area contributed by atoms with E-state index in [-0.39, 0.29) is 12.2 Å². The predicted octanol–water partition coefficient (Wildman–Crippen LogP) is 4.73. The summed E-state index contributed by atoms with van der Waals surface area (Å²) in [6.45, 7) is 4.20. The smallest absolute Gasteiger partial charge is 0.311 e. The van der Waals surface area contributed by atoms with Crippen LogP contribution in [-0.2, 0) is 4.79 Å². The minimum atomic E-state index is -0.986. The molecule has 0 bridgehead atoms. The number of benzene rings is 2. The average Bonchev–Trinajstić information content (AvgIpc) is 3.02. The highest BCUT2D eigenvalue weighted by Crippen LogP contribution is 2.31. The van der Waals surface area contributed by atoms with Crippen LogP contribution in [0.25, 0.3) is 10.9 Å². The topological polar surface area (TPSA) is 70.2 Å². The van der Waals surface area contributed by atoms with Gasteiger partial charge in [0.1, 0.15) is 0 Å². The Kier molecular flexibility index (Phi) is 4.70. The summed E-state index contributed by atoms with van der Waals surface area (Å²) in [5.41, 5.74) is 3.23. The maximum absolute atomic E-state index is 12.5. The number of ketones is 1. The van der Waals surface area contributed by atoms with E-state index in [1.54, 1.807) is 30.5 Å². The summed E-state index contributed by atoms with van der Waals surface area (Å²) in [5, 5.41) is 10.6. The summed E-state index contributed by atoms with van der Waals surface area (Å²) in [5.74, 6) is -1.67. The monoisotopic (exact) mass is 335 g/mol. The molecule has 3 aromatic rings. The van der Waals surface area contributed by atoms with E-state index < -0.39 is 11.9 Å². The molecule has 0 spiro atoms. The second-order valence-corrected chi connectivity index (χ2v) is 6.59. The van der Waals surface area contributed by atoms with Gasteiger partial charge in [-0.25, -0.2) is 0 Å². The number of rotatable bonds is 6. The molecule has 0 saturated heterocycles. The third-order valence-electron chi connectivity index (χ3n) is 4.56. The Hall–Kier alpha value is -2.88. The number of hydrogen-bond acceptors (Lipinski definition) is 2. The molecule has 0 fully saturated rings. The summed E-state index contributed by atoms with van der Waals surface area (Å²) in [7, 11) is 0. The maximum atomic E-state index is 12.5. The van der Waals surface area contributed by atoms with Gasteiger partial charge in [0.15, 0.2) is 5.78 Å². The second kappa shape index (κ2) is 6.93. The van der Waals surface area contributed by atoms with Gasteiger partial charge in [-0.1, -0.05) is 50.2 Å². The largest absolute Gasteiger partial charge is 0.481 e. The van der Waals surface area contributed by atoms with Crippen LogP contribution in [0.4, 0.5) is 0 Å². The van der Waals surface area contributed by atoms with Gasteiger partial charge in [0.25, 0.3) is 0 Å². The molecule has 4 heteroatoms. The molecule has 1 atom stereocenters. The van der Waals surface area contributed by atoms with Crippen molar-refractivity contribution in [3.63, 3.8) is 0 Å². The quantitative estimate of drug-likeness (QED) is 0.640. The van der Waals surface area contributed by atoms with Crippen LogP contribution in [0.2, 0.25) is 0 Å². The van der Waals surface area contributed by atoms with Crippen LogP contribution >= 0.6 is 0 Å². The molecule has 25 heavy (non-hydrogen) atoms. The minimum absolute atomic E-state index is 0.0573. The van der Waals surface area contributed by atoms with E-state index in [1.807, 2.05) is 24.3 Å². The van der Waals surface area contributed by atoms with E-state index in [1.165, 1.54) is 0 Å². The molecule has 0 saturated carbocycles. The van der Waals surface area contributed by atoms with Crippen LogP contribution in [0.15, 0.2) is 54.7 Å². The van der Waals surface area contributed by atoms with Gasteiger partial charge in [-0.2, -0.15) is 0 Å². The molecule has 0 aliphatic heterocycles. The summed E-state index contributed by atoms with van der Waals surface area (Å²) in [4.78, 5) is 27.5. The van der Waals surface area contributed by atoms with Crippen molar-refractivity contribution in [2.24, 2.45) is 0 Å². The number of hydrogen-bond donors (Lipinski definition) is 2. The molecule has 1 unspecified atom stereocenters. The Bertz CT molecular complexity index is 909. The van der Waals surface area contributed by atoms with E-state index in [2.05, 4.69) is 18.8 Å². The highest BCUT2D eigenvalue weighted by atomic mass is 16.4. The van der Waals surface area contributed by atoms with E-state index in [9.17, 15) is 14.7 Å². The lowest BCUT2D eigenvalue weighted by Gasteiger charge is -2.12. The van der Waals surface area contributed by atoms with Crippen molar-refractivity contribution < 1.29 is 14.7 Å². The highest BCUT2D eigenvalue weighted by Gasteiger charge is 2.26. The molecule has 0 aliphatic rings. The predicted molar refractivity (Wildman–Crippen MR) is 98.2 cm³/mol. The summed E-state index contributed by atoms with van der Waals surface area (Å²) < 4.78 is 0. The third kappa shape index (κ3) is 3.48. The highest BCUT2D eigenvalue weighted by molar-refractivity contribution is 6.00. The second-order valence-electron chi connectivity index (χ2n) is 6.59. The first-order valence-corrected chi connectivity index (χ1v) is 8.39. The lowest BCUT2D eigenvalue weighted by Crippen LogP contribution is -2.16. The first kappa shape index (κ1) is 17.0. The van der Waals surface area contributed by atoms with Crippen LogP contribution in [-0.4, -0.2) is 21.8 Å². The van der Waals surface area contributed by atoms with E-state index in [0.717, 1.165) is 16.5 Å². The molecule has 1 aromatic heterocycles. The van der Waals surface area contributed by atoms with Crippen molar-refractivity contribution in [1.82, 2.24) is 4.98 Å². The molecule has 2 aromatic carbocycles. The number of nitrogens with one attached hydrogen (secondary N) is 1. The zero-order valence-electron chi connectivity index (χ0n) is 14.3. The van der Waals surface area contributed by atoms with E-state index >= 15 is 0 Å². The Balaban J connectivity index is 1.98. The van der Waals surface area contributed by atoms with Crippen molar-refractivity contribution in [2.75, 3.05) is 0 Å². The number of Topliss-reactive ketones (excluding diaryl/α,β-unsaturated/α-hetero) is 1. The van der Waals surface area contributed by atoms with Gasteiger partial charge in [0.05, 0.1) is 5.92 Å². The number of carbonyl (C=O) groups excluding carboxylic acids is 1. The number of aromatic nitrogens is 1. The number of carbonyl (C=O) groups is 2. The van der Waals surface area contributed by atoms with Crippen LogP contribution in [0.5, 0.6) is 0 Å². The van der Waals surface area contributed by atoms with Crippen molar-refractivity contribution >= 4 is 22.7 Å². The fourth-order valence-electron chi connectivity index (χ4n) is 3.06. The fraction of sp³-hybridized carbons (Fsp3) is 0.238. The molecular formula is C21H21NO3. The molecule has 0 radical (unpaired) electrons. The number of aliphatic carboxylic acids is 1. The van der Waals surface area contributed by atoms with Crippen molar-refractivity contribution in [1.29, 1.82) is 0 Å². The van der Waals surface area contributed by atoms with E-state index in [0.29, 0.717) is 17.0 Å². The SMILES string of the molecule is CC(C)c1ccc2[nH]cc(C(CC(=O)c3ccccc3)C(=O)O)c2c1. The molecule has 4 nitrogen and oxygen atoms in total. The molecule has 128 valence electrons. The molecular weight excluding hydrogens is 314 g/mol. The number of H-pyrrole nitrogens is 1. The number of fused-ring (bicyclic) bond motifs is 1. The molecule has 0 aliphatic carbocycles. The van der Waals surface area contributed by atoms with Crippen LogP contribution < -0.4 is 0 Å². The summed E-state index contributed by atoms with van der Waals surface area (Å²) in [6, 6.07) is 14.9.